The van der Waals surface area contributed by atoms with Gasteiger partial charge in [0.15, 0.2) is 6.61 Å². The molecule has 2 aromatic carbocycles. The minimum absolute atomic E-state index is 0.259. The van der Waals surface area contributed by atoms with Crippen molar-refractivity contribution >= 4 is 17.6 Å². The van der Waals surface area contributed by atoms with Crippen LogP contribution in [0.15, 0.2) is 71.3 Å². The fourth-order valence-electron chi connectivity index (χ4n) is 3.39. The van der Waals surface area contributed by atoms with Crippen molar-refractivity contribution in [2.75, 3.05) is 13.7 Å². The largest absolute Gasteiger partial charge is 0.497 e. The monoisotopic (exact) mass is 390 g/mol. The maximum atomic E-state index is 12.9. The normalized spacial score (nSPS) is 17.8. The summed E-state index contributed by atoms with van der Waals surface area (Å²) in [6.07, 6.45) is 4.01. The molecule has 6 heteroatoms. The molecule has 29 heavy (non-hydrogen) atoms. The van der Waals surface area contributed by atoms with Crippen molar-refractivity contribution in [3.63, 3.8) is 0 Å². The van der Waals surface area contributed by atoms with E-state index < -0.39 is 5.97 Å². The molecule has 2 aliphatic rings. The van der Waals surface area contributed by atoms with E-state index >= 15 is 0 Å². The second-order valence-electron chi connectivity index (χ2n) is 6.99. The Morgan fingerprint density at radius 2 is 1.83 bits per heavy atom. The number of carbonyl (C=O) groups is 2. The minimum atomic E-state index is -0.419. The standard InChI is InChI=1S/C23H22N2O4/c1-28-19-12-10-17(11-13-19)21-14-20(16-6-3-2-4-7-16)24-25(21)22(26)15-29-23(27)18-8-5-9-18/h2-4,6-8,10-13,21H,5,9,14-15H2,1H3. The molecule has 148 valence electrons. The summed E-state index contributed by atoms with van der Waals surface area (Å²) in [7, 11) is 1.61. The number of ether oxygens (including phenoxy) is 2. The topological polar surface area (TPSA) is 68.2 Å². The Hall–Kier alpha value is -3.41. The highest BCUT2D eigenvalue weighted by Gasteiger charge is 2.33. The lowest BCUT2D eigenvalue weighted by atomic mass is 9.98. The summed E-state index contributed by atoms with van der Waals surface area (Å²) in [6, 6.07) is 17.1. The number of hydrogen-bond acceptors (Lipinski definition) is 5. The van der Waals surface area contributed by atoms with Gasteiger partial charge < -0.3 is 9.47 Å². The van der Waals surface area contributed by atoms with E-state index in [-0.39, 0.29) is 18.6 Å². The molecule has 1 heterocycles. The van der Waals surface area contributed by atoms with E-state index in [9.17, 15) is 9.59 Å². The number of rotatable bonds is 6. The van der Waals surface area contributed by atoms with E-state index in [2.05, 4.69) is 5.10 Å². The van der Waals surface area contributed by atoms with Crippen LogP contribution >= 0.6 is 0 Å². The predicted molar refractivity (Wildman–Crippen MR) is 108 cm³/mol. The molecule has 0 spiro atoms. The van der Waals surface area contributed by atoms with Crippen molar-refractivity contribution in [3.8, 4) is 5.75 Å². The molecule has 0 saturated heterocycles. The van der Waals surface area contributed by atoms with E-state index in [1.54, 1.807) is 7.11 Å². The number of nitrogens with zero attached hydrogens (tertiary/aromatic N) is 2. The third kappa shape index (κ3) is 4.06. The van der Waals surface area contributed by atoms with Crippen LogP contribution in [-0.2, 0) is 14.3 Å². The highest BCUT2D eigenvalue weighted by Crippen LogP contribution is 2.33. The number of benzene rings is 2. The van der Waals surface area contributed by atoms with Crippen molar-refractivity contribution < 1.29 is 19.1 Å². The molecular formula is C23H22N2O4. The molecule has 0 bridgehead atoms. The maximum absolute atomic E-state index is 12.9. The van der Waals surface area contributed by atoms with Gasteiger partial charge >= 0.3 is 5.97 Å². The number of allylic oxidation sites excluding steroid dienone is 1. The zero-order chi connectivity index (χ0) is 20.2. The van der Waals surface area contributed by atoms with E-state index in [0.29, 0.717) is 18.4 Å². The van der Waals surface area contributed by atoms with E-state index in [4.69, 9.17) is 9.47 Å². The van der Waals surface area contributed by atoms with Crippen molar-refractivity contribution in [2.24, 2.45) is 5.10 Å². The van der Waals surface area contributed by atoms with Crippen LogP contribution in [0.3, 0.4) is 0 Å². The van der Waals surface area contributed by atoms with Crippen molar-refractivity contribution in [3.05, 3.63) is 77.4 Å². The van der Waals surface area contributed by atoms with Gasteiger partial charge in [0.2, 0.25) is 0 Å². The molecule has 1 atom stereocenters. The molecule has 6 nitrogen and oxygen atoms in total. The number of amides is 1. The SMILES string of the molecule is COc1ccc(C2CC(c3ccccc3)=NN2C(=O)COC(=O)C2=CCC2)cc1. The van der Waals surface area contributed by atoms with Crippen LogP contribution in [0.25, 0.3) is 0 Å². The van der Waals surface area contributed by atoms with Gasteiger partial charge in [0.1, 0.15) is 5.75 Å². The molecule has 0 N–H and O–H groups in total. The molecule has 2 aromatic rings. The molecule has 0 fully saturated rings. The molecule has 4 rings (SSSR count). The van der Waals surface area contributed by atoms with Crippen LogP contribution in [0, 0.1) is 0 Å². The first-order valence-corrected chi connectivity index (χ1v) is 9.61. The van der Waals surface area contributed by atoms with Gasteiger partial charge in [0, 0.05) is 12.0 Å². The third-order valence-electron chi connectivity index (χ3n) is 5.17. The summed E-state index contributed by atoms with van der Waals surface area (Å²) in [6.45, 7) is -0.325. The van der Waals surface area contributed by atoms with Crippen LogP contribution in [0.2, 0.25) is 0 Å². The van der Waals surface area contributed by atoms with Gasteiger partial charge in [-0.1, -0.05) is 48.5 Å². The summed E-state index contributed by atoms with van der Waals surface area (Å²) in [5.74, 6) is -0.0152. The summed E-state index contributed by atoms with van der Waals surface area (Å²) in [5, 5.41) is 6.02. The second kappa shape index (κ2) is 8.31. The van der Waals surface area contributed by atoms with Gasteiger partial charge in [0.25, 0.3) is 5.91 Å². The average molecular weight is 390 g/mol. The molecule has 0 aromatic heterocycles. The van der Waals surface area contributed by atoms with Crippen molar-refractivity contribution in [1.82, 2.24) is 5.01 Å². The quantitative estimate of drug-likeness (QED) is 0.707. The van der Waals surface area contributed by atoms with E-state index in [1.807, 2.05) is 60.7 Å². The molecule has 0 saturated carbocycles. The lowest BCUT2D eigenvalue weighted by Gasteiger charge is -2.22. The van der Waals surface area contributed by atoms with Crippen LogP contribution in [0.4, 0.5) is 0 Å². The maximum Gasteiger partial charge on any atom is 0.334 e. The van der Waals surface area contributed by atoms with Crippen LogP contribution in [0.1, 0.15) is 36.4 Å². The van der Waals surface area contributed by atoms with Gasteiger partial charge in [-0.25, -0.2) is 9.80 Å². The fourth-order valence-corrected chi connectivity index (χ4v) is 3.39. The van der Waals surface area contributed by atoms with Crippen LogP contribution in [0.5, 0.6) is 5.75 Å². The van der Waals surface area contributed by atoms with Gasteiger partial charge in [-0.05, 0) is 36.1 Å². The summed E-state index contributed by atoms with van der Waals surface area (Å²) >= 11 is 0. The Kier molecular flexibility index (Phi) is 5.42. The van der Waals surface area contributed by atoms with Crippen molar-refractivity contribution in [1.29, 1.82) is 0 Å². The summed E-state index contributed by atoms with van der Waals surface area (Å²) < 4.78 is 10.4. The first-order valence-electron chi connectivity index (χ1n) is 9.61. The van der Waals surface area contributed by atoms with Gasteiger partial charge in [-0.3, -0.25) is 4.79 Å². The zero-order valence-corrected chi connectivity index (χ0v) is 16.2. The predicted octanol–water partition coefficient (Wildman–Crippen LogP) is 3.64. The van der Waals surface area contributed by atoms with Gasteiger partial charge in [-0.15, -0.1) is 0 Å². The summed E-state index contributed by atoms with van der Waals surface area (Å²) in [5.41, 5.74) is 3.38. The van der Waals surface area contributed by atoms with Gasteiger partial charge in [-0.2, -0.15) is 5.10 Å². The van der Waals surface area contributed by atoms with Crippen molar-refractivity contribution in [2.45, 2.75) is 25.3 Å². The lowest BCUT2D eigenvalue weighted by Crippen LogP contribution is -2.31. The van der Waals surface area contributed by atoms with Crippen LogP contribution in [-0.4, -0.2) is 36.3 Å². The Labute approximate surface area is 169 Å². The molecular weight excluding hydrogens is 368 g/mol. The summed E-state index contributed by atoms with van der Waals surface area (Å²) in [4.78, 5) is 24.8. The number of hydrazone groups is 1. The van der Waals surface area contributed by atoms with Gasteiger partial charge in [0.05, 0.1) is 18.9 Å². The Bertz CT molecular complexity index is 964. The third-order valence-corrected chi connectivity index (χ3v) is 5.17. The highest BCUT2D eigenvalue weighted by atomic mass is 16.5. The molecule has 1 aliphatic carbocycles. The number of carbonyl (C=O) groups excluding carboxylic acids is 2. The Morgan fingerprint density at radius 1 is 1.10 bits per heavy atom. The zero-order valence-electron chi connectivity index (χ0n) is 16.2. The number of esters is 1. The minimum Gasteiger partial charge on any atom is -0.497 e. The number of methoxy groups -OCH3 is 1. The molecule has 1 amide bonds. The second-order valence-corrected chi connectivity index (χ2v) is 6.99. The Balaban J connectivity index is 1.55. The number of hydrogen-bond donors (Lipinski definition) is 0. The first kappa shape index (κ1) is 18.9. The first-order chi connectivity index (χ1) is 14.2. The fraction of sp³-hybridized carbons (Fsp3) is 0.261. The molecule has 1 aliphatic heterocycles. The Morgan fingerprint density at radius 3 is 2.45 bits per heavy atom. The lowest BCUT2D eigenvalue weighted by molar-refractivity contribution is -0.150. The van der Waals surface area contributed by atoms with Crippen LogP contribution < -0.4 is 4.74 Å². The average Bonchev–Trinajstić information content (AvgIpc) is 3.17. The van der Waals surface area contributed by atoms with E-state index in [0.717, 1.165) is 29.0 Å². The molecule has 0 radical (unpaired) electrons. The van der Waals surface area contributed by atoms with E-state index in [1.165, 1.54) is 5.01 Å². The smallest absolute Gasteiger partial charge is 0.334 e. The highest BCUT2D eigenvalue weighted by molar-refractivity contribution is 6.03. The molecule has 1 unspecified atom stereocenters.